The van der Waals surface area contributed by atoms with E-state index in [4.69, 9.17) is 0 Å². The Hall–Kier alpha value is -2.37. The molecule has 0 aliphatic heterocycles. The van der Waals surface area contributed by atoms with Gasteiger partial charge in [0.2, 0.25) is 0 Å². The van der Waals surface area contributed by atoms with Crippen LogP contribution in [0.2, 0.25) is 0 Å². The van der Waals surface area contributed by atoms with E-state index in [9.17, 15) is 0 Å². The molecule has 0 aliphatic rings. The van der Waals surface area contributed by atoms with Crippen LogP contribution in [0.5, 0.6) is 0 Å². The Labute approximate surface area is 97.7 Å². The summed E-state index contributed by atoms with van der Waals surface area (Å²) in [5, 5.41) is 7.60. The summed E-state index contributed by atoms with van der Waals surface area (Å²) in [6, 6.07) is 2.00. The van der Waals surface area contributed by atoms with Crippen molar-refractivity contribution in [2.75, 3.05) is 5.32 Å². The molecule has 0 atom stereocenters. The minimum atomic E-state index is 0.664. The van der Waals surface area contributed by atoms with E-state index < -0.39 is 0 Å². The van der Waals surface area contributed by atoms with Crippen LogP contribution in [0.4, 0.5) is 5.82 Å². The summed E-state index contributed by atoms with van der Waals surface area (Å²) < 4.78 is 1.82. The molecule has 3 aromatic heterocycles. The average molecular weight is 228 g/mol. The van der Waals surface area contributed by atoms with Gasteiger partial charge in [-0.15, -0.1) is 0 Å². The number of anilines is 1. The number of aromatic nitrogens is 5. The molecule has 3 rings (SSSR count). The second kappa shape index (κ2) is 3.89. The lowest BCUT2D eigenvalue weighted by Crippen LogP contribution is -2.03. The molecule has 0 saturated heterocycles. The van der Waals surface area contributed by atoms with Crippen molar-refractivity contribution >= 4 is 11.3 Å². The first-order valence-electron chi connectivity index (χ1n) is 5.35. The SMILES string of the molecule is Cc1cc2c(NCc3cnc[nH]3)nccn2n1. The second-order valence-corrected chi connectivity index (χ2v) is 3.82. The van der Waals surface area contributed by atoms with Crippen LogP contribution in [-0.4, -0.2) is 24.6 Å². The van der Waals surface area contributed by atoms with Gasteiger partial charge in [0.1, 0.15) is 5.52 Å². The first kappa shape index (κ1) is 9.83. The Balaban J connectivity index is 1.89. The summed E-state index contributed by atoms with van der Waals surface area (Å²) in [5.74, 6) is 0.822. The highest BCUT2D eigenvalue weighted by atomic mass is 15.2. The molecule has 0 aliphatic carbocycles. The van der Waals surface area contributed by atoms with E-state index >= 15 is 0 Å². The quantitative estimate of drug-likeness (QED) is 0.710. The van der Waals surface area contributed by atoms with Crippen LogP contribution in [0.3, 0.4) is 0 Å². The first-order chi connectivity index (χ1) is 8.33. The third-order valence-electron chi connectivity index (χ3n) is 2.51. The lowest BCUT2D eigenvalue weighted by molar-refractivity contribution is 0.918. The van der Waals surface area contributed by atoms with Crippen LogP contribution in [0.1, 0.15) is 11.4 Å². The van der Waals surface area contributed by atoms with Crippen molar-refractivity contribution < 1.29 is 0 Å². The highest BCUT2D eigenvalue weighted by Gasteiger charge is 2.04. The lowest BCUT2D eigenvalue weighted by atomic mass is 10.4. The molecule has 3 aromatic rings. The monoisotopic (exact) mass is 228 g/mol. The Morgan fingerprint density at radius 1 is 1.47 bits per heavy atom. The van der Waals surface area contributed by atoms with Crippen LogP contribution in [0, 0.1) is 6.92 Å². The molecule has 0 fully saturated rings. The van der Waals surface area contributed by atoms with E-state index in [0.717, 1.165) is 22.7 Å². The first-order valence-corrected chi connectivity index (χ1v) is 5.35. The third-order valence-corrected chi connectivity index (χ3v) is 2.51. The molecule has 6 heteroatoms. The van der Waals surface area contributed by atoms with Crippen molar-refractivity contribution in [3.63, 3.8) is 0 Å². The van der Waals surface area contributed by atoms with Gasteiger partial charge in [0, 0.05) is 18.6 Å². The molecule has 0 bridgehead atoms. The highest BCUT2D eigenvalue weighted by molar-refractivity contribution is 5.67. The maximum absolute atomic E-state index is 4.34. The topological polar surface area (TPSA) is 70.9 Å². The number of nitrogens with one attached hydrogen (secondary N) is 2. The minimum Gasteiger partial charge on any atom is -0.363 e. The zero-order valence-corrected chi connectivity index (χ0v) is 9.38. The van der Waals surface area contributed by atoms with E-state index in [1.54, 1.807) is 18.7 Å². The summed E-state index contributed by atoms with van der Waals surface area (Å²) in [4.78, 5) is 11.3. The molecule has 0 spiro atoms. The van der Waals surface area contributed by atoms with Crippen LogP contribution in [0.25, 0.3) is 5.52 Å². The van der Waals surface area contributed by atoms with Crippen LogP contribution in [-0.2, 0) is 6.54 Å². The van der Waals surface area contributed by atoms with Gasteiger partial charge in [0.05, 0.1) is 24.3 Å². The third kappa shape index (κ3) is 1.84. The smallest absolute Gasteiger partial charge is 0.152 e. The van der Waals surface area contributed by atoms with Gasteiger partial charge in [-0.2, -0.15) is 5.10 Å². The molecule has 17 heavy (non-hydrogen) atoms. The molecular formula is C11H12N6. The zero-order chi connectivity index (χ0) is 11.7. The van der Waals surface area contributed by atoms with Gasteiger partial charge in [-0.25, -0.2) is 14.5 Å². The van der Waals surface area contributed by atoms with Crippen molar-refractivity contribution in [1.82, 2.24) is 24.6 Å². The number of hydrogen-bond donors (Lipinski definition) is 2. The van der Waals surface area contributed by atoms with Gasteiger partial charge in [-0.05, 0) is 13.0 Å². The molecule has 6 nitrogen and oxygen atoms in total. The van der Waals surface area contributed by atoms with Crippen LogP contribution >= 0.6 is 0 Å². The molecule has 0 saturated carbocycles. The fourth-order valence-corrected chi connectivity index (χ4v) is 1.74. The Bertz CT molecular complexity index is 625. The van der Waals surface area contributed by atoms with Gasteiger partial charge in [-0.3, -0.25) is 0 Å². The van der Waals surface area contributed by atoms with Crippen molar-refractivity contribution in [2.24, 2.45) is 0 Å². The molecule has 0 amide bonds. The molecule has 0 radical (unpaired) electrons. The number of fused-ring (bicyclic) bond motifs is 1. The fourth-order valence-electron chi connectivity index (χ4n) is 1.74. The molecule has 2 N–H and O–H groups in total. The number of rotatable bonds is 3. The number of aryl methyl sites for hydroxylation is 1. The predicted octanol–water partition coefficient (Wildman–Crippen LogP) is 1.37. The molecule has 86 valence electrons. The molecule has 0 aromatic carbocycles. The van der Waals surface area contributed by atoms with Gasteiger partial charge < -0.3 is 10.3 Å². The predicted molar refractivity (Wildman–Crippen MR) is 63.6 cm³/mol. The summed E-state index contributed by atoms with van der Waals surface area (Å²) in [7, 11) is 0. The maximum atomic E-state index is 4.34. The van der Waals surface area contributed by atoms with Crippen molar-refractivity contribution in [3.8, 4) is 0 Å². The maximum Gasteiger partial charge on any atom is 0.152 e. The van der Waals surface area contributed by atoms with Gasteiger partial charge >= 0.3 is 0 Å². The zero-order valence-electron chi connectivity index (χ0n) is 9.38. The van der Waals surface area contributed by atoms with E-state index in [0.29, 0.717) is 6.54 Å². The van der Waals surface area contributed by atoms with Crippen molar-refractivity contribution in [1.29, 1.82) is 0 Å². The van der Waals surface area contributed by atoms with E-state index in [1.165, 1.54) is 0 Å². The summed E-state index contributed by atoms with van der Waals surface area (Å²) >= 11 is 0. The molecular weight excluding hydrogens is 216 g/mol. The standard InChI is InChI=1S/C11H12N6/c1-8-4-10-11(13-2-3-17(10)16-8)14-6-9-5-12-7-15-9/h2-5,7H,6H2,1H3,(H,12,15)(H,13,14). The van der Waals surface area contributed by atoms with Crippen molar-refractivity contribution in [3.05, 3.63) is 42.4 Å². The van der Waals surface area contributed by atoms with Gasteiger partial charge in [-0.1, -0.05) is 0 Å². The van der Waals surface area contributed by atoms with E-state index in [-0.39, 0.29) is 0 Å². The largest absolute Gasteiger partial charge is 0.363 e. The summed E-state index contributed by atoms with van der Waals surface area (Å²) in [6.45, 7) is 2.63. The fraction of sp³-hybridized carbons (Fsp3) is 0.182. The average Bonchev–Trinajstić information content (AvgIpc) is 2.93. The molecule has 0 unspecified atom stereocenters. The second-order valence-electron chi connectivity index (χ2n) is 3.82. The Morgan fingerprint density at radius 3 is 3.24 bits per heavy atom. The lowest BCUT2D eigenvalue weighted by Gasteiger charge is -2.04. The number of nitrogens with zero attached hydrogens (tertiary/aromatic N) is 4. The number of H-pyrrole nitrogens is 1. The highest BCUT2D eigenvalue weighted by Crippen LogP contribution is 2.15. The number of imidazole rings is 1. The Morgan fingerprint density at radius 2 is 2.41 bits per heavy atom. The van der Waals surface area contributed by atoms with E-state index in [2.05, 4.69) is 25.4 Å². The van der Waals surface area contributed by atoms with E-state index in [1.807, 2.05) is 23.7 Å². The summed E-state index contributed by atoms with van der Waals surface area (Å²) in [6.07, 6.45) is 7.02. The van der Waals surface area contributed by atoms with Gasteiger partial charge in [0.25, 0.3) is 0 Å². The van der Waals surface area contributed by atoms with Crippen LogP contribution < -0.4 is 5.32 Å². The number of aromatic amines is 1. The molecule has 3 heterocycles. The Kier molecular flexibility index (Phi) is 2.25. The number of hydrogen-bond acceptors (Lipinski definition) is 4. The summed E-state index contributed by atoms with van der Waals surface area (Å²) in [5.41, 5.74) is 2.97. The van der Waals surface area contributed by atoms with Gasteiger partial charge in [0.15, 0.2) is 5.82 Å². The minimum absolute atomic E-state index is 0.664. The van der Waals surface area contributed by atoms with Crippen molar-refractivity contribution in [2.45, 2.75) is 13.5 Å². The van der Waals surface area contributed by atoms with Crippen LogP contribution in [0.15, 0.2) is 31.0 Å². The normalized spacial score (nSPS) is 10.9.